The van der Waals surface area contributed by atoms with Crippen LogP contribution < -0.4 is 5.32 Å². The summed E-state index contributed by atoms with van der Waals surface area (Å²) in [5, 5.41) is 2.82. The van der Waals surface area contributed by atoms with Gasteiger partial charge in [-0.2, -0.15) is 11.8 Å². The molecule has 2 aromatic rings. The minimum atomic E-state index is -0.153. The molecule has 0 aliphatic heterocycles. The fraction of sp³-hybridized carbons (Fsp3) is 0.250. The number of carbonyl (C=O) groups excluding carboxylic acids is 1. The lowest BCUT2D eigenvalue weighted by molar-refractivity contribution is 0.0928. The van der Waals surface area contributed by atoms with Crippen LogP contribution in [0.3, 0.4) is 0 Å². The lowest BCUT2D eigenvalue weighted by atomic mass is 10.4. The van der Waals surface area contributed by atoms with Gasteiger partial charge in [-0.25, -0.2) is 0 Å². The molecule has 18 heavy (non-hydrogen) atoms. The monoisotopic (exact) mass is 345 g/mol. The Morgan fingerprint density at radius 1 is 1.44 bits per heavy atom. The van der Waals surface area contributed by atoms with E-state index in [0.717, 1.165) is 15.3 Å². The number of furan rings is 1. The lowest BCUT2D eigenvalue weighted by Crippen LogP contribution is -2.25. The highest BCUT2D eigenvalue weighted by molar-refractivity contribution is 9.11. The Morgan fingerprint density at radius 3 is 3.00 bits per heavy atom. The third kappa shape index (κ3) is 4.19. The van der Waals surface area contributed by atoms with Crippen molar-refractivity contribution in [1.82, 2.24) is 5.32 Å². The zero-order valence-corrected chi connectivity index (χ0v) is 12.7. The third-order valence-corrected chi connectivity index (χ3v) is 4.96. The van der Waals surface area contributed by atoms with Crippen LogP contribution in [0.4, 0.5) is 0 Å². The fourth-order valence-corrected chi connectivity index (χ4v) is 3.79. The summed E-state index contributed by atoms with van der Waals surface area (Å²) < 4.78 is 6.16. The minimum Gasteiger partial charge on any atom is -0.459 e. The van der Waals surface area contributed by atoms with E-state index in [2.05, 4.69) is 33.4 Å². The molecule has 2 aromatic heterocycles. The molecular formula is C12H12BrNO2S2. The number of rotatable bonds is 6. The molecule has 6 heteroatoms. The van der Waals surface area contributed by atoms with Crippen LogP contribution in [0.15, 0.2) is 38.7 Å². The first-order valence-corrected chi connectivity index (χ1v) is 8.16. The lowest BCUT2D eigenvalue weighted by Gasteiger charge is -2.02. The van der Waals surface area contributed by atoms with Crippen molar-refractivity contribution in [2.45, 2.75) is 5.75 Å². The van der Waals surface area contributed by atoms with Gasteiger partial charge in [0.05, 0.1) is 10.0 Å². The van der Waals surface area contributed by atoms with Crippen LogP contribution in [-0.4, -0.2) is 18.2 Å². The van der Waals surface area contributed by atoms with E-state index in [-0.39, 0.29) is 5.91 Å². The quantitative estimate of drug-likeness (QED) is 0.810. The Labute approximate surface area is 122 Å². The van der Waals surface area contributed by atoms with Crippen molar-refractivity contribution in [2.75, 3.05) is 12.3 Å². The van der Waals surface area contributed by atoms with Gasteiger partial charge in [0, 0.05) is 22.9 Å². The molecule has 2 heterocycles. The second-order valence-electron chi connectivity index (χ2n) is 3.49. The minimum absolute atomic E-state index is 0.153. The second-order valence-corrected chi connectivity index (χ2v) is 7.14. The summed E-state index contributed by atoms with van der Waals surface area (Å²) in [6.07, 6.45) is 1.50. The van der Waals surface area contributed by atoms with Gasteiger partial charge in [-0.3, -0.25) is 4.79 Å². The fourth-order valence-electron chi connectivity index (χ4n) is 1.33. The number of thiophene rings is 1. The average molecular weight is 346 g/mol. The number of nitrogens with one attached hydrogen (secondary N) is 1. The molecular weight excluding hydrogens is 334 g/mol. The van der Waals surface area contributed by atoms with E-state index in [0.29, 0.717) is 12.3 Å². The van der Waals surface area contributed by atoms with Gasteiger partial charge >= 0.3 is 0 Å². The Balaban J connectivity index is 1.60. The standard InChI is InChI=1S/C12H12BrNO2S2/c13-11-4-3-9(18-11)8-17-7-5-14-12(15)10-2-1-6-16-10/h1-4,6H,5,7-8H2,(H,14,15). The van der Waals surface area contributed by atoms with E-state index < -0.39 is 0 Å². The summed E-state index contributed by atoms with van der Waals surface area (Å²) in [5.41, 5.74) is 0. The molecule has 0 spiro atoms. The number of hydrogen-bond acceptors (Lipinski definition) is 4. The zero-order valence-electron chi connectivity index (χ0n) is 9.52. The summed E-state index contributed by atoms with van der Waals surface area (Å²) >= 11 is 6.98. The highest BCUT2D eigenvalue weighted by atomic mass is 79.9. The zero-order chi connectivity index (χ0) is 12.8. The molecule has 0 unspecified atom stereocenters. The maximum absolute atomic E-state index is 11.5. The SMILES string of the molecule is O=C(NCCSCc1ccc(Br)s1)c1ccco1. The van der Waals surface area contributed by atoms with E-state index in [1.807, 2.05) is 0 Å². The molecule has 0 radical (unpaired) electrons. The van der Waals surface area contributed by atoms with Gasteiger partial charge in [0.2, 0.25) is 0 Å². The molecule has 0 fully saturated rings. The number of halogens is 1. The van der Waals surface area contributed by atoms with E-state index >= 15 is 0 Å². The number of amides is 1. The van der Waals surface area contributed by atoms with Crippen molar-refractivity contribution in [3.63, 3.8) is 0 Å². The largest absolute Gasteiger partial charge is 0.459 e. The van der Waals surface area contributed by atoms with Crippen molar-refractivity contribution < 1.29 is 9.21 Å². The van der Waals surface area contributed by atoms with Crippen LogP contribution in [0.2, 0.25) is 0 Å². The molecule has 0 saturated carbocycles. The smallest absolute Gasteiger partial charge is 0.287 e. The van der Waals surface area contributed by atoms with Crippen molar-refractivity contribution >= 4 is 44.9 Å². The van der Waals surface area contributed by atoms with Crippen LogP contribution in [0, 0.1) is 0 Å². The van der Waals surface area contributed by atoms with E-state index in [4.69, 9.17) is 4.42 Å². The van der Waals surface area contributed by atoms with Gasteiger partial charge in [-0.15, -0.1) is 11.3 Å². The first kappa shape index (κ1) is 13.7. The summed E-state index contributed by atoms with van der Waals surface area (Å²) in [6.45, 7) is 0.650. The normalized spacial score (nSPS) is 10.5. The first-order valence-electron chi connectivity index (χ1n) is 5.39. The molecule has 0 aromatic carbocycles. The molecule has 96 valence electrons. The van der Waals surface area contributed by atoms with Crippen molar-refractivity contribution in [1.29, 1.82) is 0 Å². The first-order chi connectivity index (χ1) is 8.75. The maximum Gasteiger partial charge on any atom is 0.287 e. The Hall–Kier alpha value is -0.720. The van der Waals surface area contributed by atoms with Crippen molar-refractivity contribution in [3.05, 3.63) is 45.0 Å². The number of hydrogen-bond donors (Lipinski definition) is 1. The number of carbonyl (C=O) groups is 1. The van der Waals surface area contributed by atoms with Crippen molar-refractivity contribution in [3.8, 4) is 0 Å². The van der Waals surface area contributed by atoms with Gasteiger partial charge in [0.15, 0.2) is 5.76 Å². The van der Waals surface area contributed by atoms with Gasteiger partial charge < -0.3 is 9.73 Å². The van der Waals surface area contributed by atoms with Crippen LogP contribution in [-0.2, 0) is 5.75 Å². The van der Waals surface area contributed by atoms with Crippen LogP contribution in [0.5, 0.6) is 0 Å². The third-order valence-electron chi connectivity index (χ3n) is 2.15. The Kier molecular flexibility index (Phi) is 5.34. The summed E-state index contributed by atoms with van der Waals surface area (Å²) in [5.74, 6) is 2.08. The van der Waals surface area contributed by atoms with Gasteiger partial charge in [-0.1, -0.05) is 0 Å². The van der Waals surface area contributed by atoms with Crippen LogP contribution in [0.25, 0.3) is 0 Å². The molecule has 0 atom stereocenters. The highest BCUT2D eigenvalue weighted by Gasteiger charge is 2.06. The Bertz CT molecular complexity index is 496. The van der Waals surface area contributed by atoms with E-state index in [9.17, 15) is 4.79 Å². The van der Waals surface area contributed by atoms with Gasteiger partial charge in [-0.05, 0) is 40.2 Å². The summed E-state index contributed by atoms with van der Waals surface area (Å²) in [6, 6.07) is 7.53. The van der Waals surface area contributed by atoms with Crippen LogP contribution in [0.1, 0.15) is 15.4 Å². The average Bonchev–Trinajstić information content (AvgIpc) is 2.99. The molecule has 0 aliphatic carbocycles. The molecule has 3 nitrogen and oxygen atoms in total. The van der Waals surface area contributed by atoms with E-state index in [1.54, 1.807) is 35.2 Å². The predicted molar refractivity (Wildman–Crippen MR) is 79.2 cm³/mol. The Morgan fingerprint density at radius 2 is 2.33 bits per heavy atom. The number of thioether (sulfide) groups is 1. The molecule has 1 amide bonds. The van der Waals surface area contributed by atoms with Crippen LogP contribution >= 0.6 is 39.0 Å². The molecule has 0 bridgehead atoms. The van der Waals surface area contributed by atoms with Crippen molar-refractivity contribution in [2.24, 2.45) is 0 Å². The topological polar surface area (TPSA) is 42.2 Å². The van der Waals surface area contributed by atoms with Gasteiger partial charge in [0.1, 0.15) is 0 Å². The molecule has 0 saturated heterocycles. The highest BCUT2D eigenvalue weighted by Crippen LogP contribution is 2.25. The van der Waals surface area contributed by atoms with Gasteiger partial charge in [0.25, 0.3) is 5.91 Å². The summed E-state index contributed by atoms with van der Waals surface area (Å²) in [4.78, 5) is 12.9. The molecule has 0 aliphatic rings. The maximum atomic E-state index is 11.5. The molecule has 2 rings (SSSR count). The molecule has 1 N–H and O–H groups in total. The summed E-state index contributed by atoms with van der Waals surface area (Å²) in [7, 11) is 0. The van der Waals surface area contributed by atoms with E-state index in [1.165, 1.54) is 11.1 Å². The predicted octanol–water partition coefficient (Wildman–Crippen LogP) is 3.77. The second kappa shape index (κ2) is 7.01.